The molecule has 1 fully saturated rings. The van der Waals surface area contributed by atoms with Crippen molar-refractivity contribution in [3.05, 3.63) is 29.6 Å². The van der Waals surface area contributed by atoms with Crippen LogP contribution in [0, 0.1) is 6.92 Å². The molecule has 19 heavy (non-hydrogen) atoms. The first kappa shape index (κ1) is 18.2. The summed E-state index contributed by atoms with van der Waals surface area (Å²) in [6.07, 6.45) is 5.47. The molecule has 1 saturated heterocycles. The number of carbonyl (C=O) groups excluding carboxylic acids is 1. The SMILES string of the molecule is Cc1cncc(C(=O)N(C)C2CCNCC2)c1.Cl.Cl. The third kappa shape index (κ3) is 4.64. The summed E-state index contributed by atoms with van der Waals surface area (Å²) in [4.78, 5) is 18.2. The van der Waals surface area contributed by atoms with Gasteiger partial charge < -0.3 is 10.2 Å². The number of hydrogen-bond acceptors (Lipinski definition) is 3. The van der Waals surface area contributed by atoms with Gasteiger partial charge >= 0.3 is 0 Å². The summed E-state index contributed by atoms with van der Waals surface area (Å²) >= 11 is 0. The molecule has 1 amide bonds. The van der Waals surface area contributed by atoms with Crippen molar-refractivity contribution in [2.75, 3.05) is 20.1 Å². The van der Waals surface area contributed by atoms with Gasteiger partial charge in [0, 0.05) is 25.5 Å². The molecule has 0 aliphatic carbocycles. The normalized spacial score (nSPS) is 15.1. The van der Waals surface area contributed by atoms with E-state index in [1.165, 1.54) is 0 Å². The van der Waals surface area contributed by atoms with Crippen LogP contribution in [0.15, 0.2) is 18.5 Å². The largest absolute Gasteiger partial charge is 0.339 e. The van der Waals surface area contributed by atoms with Crippen LogP contribution < -0.4 is 5.32 Å². The minimum Gasteiger partial charge on any atom is -0.339 e. The number of pyridine rings is 1. The highest BCUT2D eigenvalue weighted by atomic mass is 35.5. The van der Waals surface area contributed by atoms with Crippen LogP contribution in [0.2, 0.25) is 0 Å². The van der Waals surface area contributed by atoms with Crippen molar-refractivity contribution < 1.29 is 4.79 Å². The number of aryl methyl sites for hydroxylation is 1. The van der Waals surface area contributed by atoms with Gasteiger partial charge in [-0.2, -0.15) is 0 Å². The first-order valence-electron chi connectivity index (χ1n) is 6.08. The standard InChI is InChI=1S/C13H19N3O.2ClH/c1-10-7-11(9-15-8-10)13(17)16(2)12-3-5-14-6-4-12;;/h7-9,12,14H,3-6H2,1-2H3;2*1H. The van der Waals surface area contributed by atoms with Crippen molar-refractivity contribution in [1.82, 2.24) is 15.2 Å². The zero-order chi connectivity index (χ0) is 12.3. The monoisotopic (exact) mass is 305 g/mol. The summed E-state index contributed by atoms with van der Waals surface area (Å²) < 4.78 is 0. The van der Waals surface area contributed by atoms with Crippen molar-refractivity contribution in [3.63, 3.8) is 0 Å². The van der Waals surface area contributed by atoms with E-state index in [2.05, 4.69) is 10.3 Å². The lowest BCUT2D eigenvalue weighted by Gasteiger charge is -2.31. The average Bonchev–Trinajstić information content (AvgIpc) is 2.38. The van der Waals surface area contributed by atoms with Gasteiger partial charge in [-0.05, 0) is 44.5 Å². The fraction of sp³-hybridized carbons (Fsp3) is 0.538. The zero-order valence-corrected chi connectivity index (χ0v) is 12.9. The van der Waals surface area contributed by atoms with Crippen molar-refractivity contribution in [2.24, 2.45) is 0 Å². The van der Waals surface area contributed by atoms with E-state index >= 15 is 0 Å². The summed E-state index contributed by atoms with van der Waals surface area (Å²) in [5, 5.41) is 3.31. The maximum Gasteiger partial charge on any atom is 0.255 e. The molecule has 4 nitrogen and oxygen atoms in total. The molecule has 1 aliphatic rings. The highest BCUT2D eigenvalue weighted by Crippen LogP contribution is 2.13. The number of nitrogens with one attached hydrogen (secondary N) is 1. The molecule has 0 atom stereocenters. The van der Waals surface area contributed by atoms with Gasteiger partial charge in [0.25, 0.3) is 5.91 Å². The number of aromatic nitrogens is 1. The van der Waals surface area contributed by atoms with Crippen LogP contribution in [0.3, 0.4) is 0 Å². The maximum absolute atomic E-state index is 12.3. The van der Waals surface area contributed by atoms with Crippen LogP contribution in [0.1, 0.15) is 28.8 Å². The predicted octanol–water partition coefficient (Wildman–Crippen LogP) is 2.06. The van der Waals surface area contributed by atoms with E-state index in [4.69, 9.17) is 0 Å². The third-order valence-electron chi connectivity index (χ3n) is 3.30. The minimum absolute atomic E-state index is 0. The quantitative estimate of drug-likeness (QED) is 0.909. The first-order chi connectivity index (χ1) is 8.18. The molecule has 6 heteroatoms. The Morgan fingerprint density at radius 1 is 1.32 bits per heavy atom. The van der Waals surface area contributed by atoms with E-state index in [-0.39, 0.29) is 30.7 Å². The van der Waals surface area contributed by atoms with Gasteiger partial charge in [0.05, 0.1) is 5.56 Å². The summed E-state index contributed by atoms with van der Waals surface area (Å²) in [5.41, 5.74) is 1.71. The lowest BCUT2D eigenvalue weighted by atomic mass is 10.0. The second-order valence-corrected chi connectivity index (χ2v) is 4.65. The highest BCUT2D eigenvalue weighted by molar-refractivity contribution is 5.94. The van der Waals surface area contributed by atoms with Gasteiger partial charge in [-0.1, -0.05) is 0 Å². The van der Waals surface area contributed by atoms with Gasteiger partial charge in [0.2, 0.25) is 0 Å². The van der Waals surface area contributed by atoms with Crippen LogP contribution in [-0.2, 0) is 0 Å². The van der Waals surface area contributed by atoms with E-state index in [1.54, 1.807) is 12.4 Å². The molecular weight excluding hydrogens is 285 g/mol. The Morgan fingerprint density at radius 2 is 1.95 bits per heavy atom. The molecule has 0 aromatic carbocycles. The lowest BCUT2D eigenvalue weighted by molar-refractivity contribution is 0.0702. The average molecular weight is 306 g/mol. The van der Waals surface area contributed by atoms with Crippen LogP contribution >= 0.6 is 24.8 Å². The molecule has 1 aromatic heterocycles. The van der Waals surface area contributed by atoms with Gasteiger partial charge in [0.15, 0.2) is 0 Å². The molecule has 0 unspecified atom stereocenters. The zero-order valence-electron chi connectivity index (χ0n) is 11.3. The Bertz CT molecular complexity index is 409. The third-order valence-corrected chi connectivity index (χ3v) is 3.30. The molecule has 1 N–H and O–H groups in total. The Morgan fingerprint density at radius 3 is 2.53 bits per heavy atom. The Kier molecular flexibility index (Phi) is 7.99. The predicted molar refractivity (Wildman–Crippen MR) is 81.5 cm³/mol. The fourth-order valence-corrected chi connectivity index (χ4v) is 2.24. The molecular formula is C13H21Cl2N3O. The summed E-state index contributed by atoms with van der Waals surface area (Å²) in [7, 11) is 1.89. The summed E-state index contributed by atoms with van der Waals surface area (Å²) in [5.74, 6) is 0.0769. The molecule has 1 aromatic rings. The van der Waals surface area contributed by atoms with Crippen LogP contribution in [0.5, 0.6) is 0 Å². The number of hydrogen-bond donors (Lipinski definition) is 1. The van der Waals surface area contributed by atoms with E-state index in [0.29, 0.717) is 11.6 Å². The Hall–Kier alpha value is -0.840. The molecule has 2 rings (SSSR count). The topological polar surface area (TPSA) is 45.2 Å². The van der Waals surface area contributed by atoms with Crippen LogP contribution in [0.25, 0.3) is 0 Å². The first-order valence-corrected chi connectivity index (χ1v) is 6.08. The lowest BCUT2D eigenvalue weighted by Crippen LogP contribution is -2.44. The van der Waals surface area contributed by atoms with Crippen molar-refractivity contribution >= 4 is 30.7 Å². The van der Waals surface area contributed by atoms with Gasteiger partial charge in [-0.15, -0.1) is 24.8 Å². The Labute approximate surface area is 126 Å². The van der Waals surface area contributed by atoms with E-state index in [1.807, 2.05) is 24.9 Å². The van der Waals surface area contributed by atoms with E-state index in [9.17, 15) is 4.79 Å². The molecule has 0 radical (unpaired) electrons. The van der Waals surface area contributed by atoms with Crippen molar-refractivity contribution in [3.8, 4) is 0 Å². The number of piperidine rings is 1. The van der Waals surface area contributed by atoms with E-state index < -0.39 is 0 Å². The number of halogens is 2. The number of carbonyl (C=O) groups is 1. The number of amides is 1. The fourth-order valence-electron chi connectivity index (χ4n) is 2.24. The van der Waals surface area contributed by atoms with Gasteiger partial charge in [0.1, 0.15) is 0 Å². The smallest absolute Gasteiger partial charge is 0.255 e. The molecule has 0 bridgehead atoms. The second kappa shape index (κ2) is 8.35. The molecule has 1 aliphatic heterocycles. The highest BCUT2D eigenvalue weighted by Gasteiger charge is 2.22. The van der Waals surface area contributed by atoms with Crippen molar-refractivity contribution in [1.29, 1.82) is 0 Å². The summed E-state index contributed by atoms with van der Waals surface area (Å²) in [6, 6.07) is 2.25. The summed E-state index contributed by atoms with van der Waals surface area (Å²) in [6.45, 7) is 3.94. The maximum atomic E-state index is 12.3. The molecule has 2 heterocycles. The Balaban J connectivity index is 0.00000162. The molecule has 0 saturated carbocycles. The molecule has 108 valence electrons. The van der Waals surface area contributed by atoms with Gasteiger partial charge in [-0.3, -0.25) is 9.78 Å². The van der Waals surface area contributed by atoms with E-state index in [0.717, 1.165) is 31.5 Å². The van der Waals surface area contributed by atoms with Crippen LogP contribution in [0.4, 0.5) is 0 Å². The molecule has 0 spiro atoms. The van der Waals surface area contributed by atoms with Crippen molar-refractivity contribution in [2.45, 2.75) is 25.8 Å². The number of nitrogens with zero attached hydrogens (tertiary/aromatic N) is 2. The van der Waals surface area contributed by atoms with Crippen LogP contribution in [-0.4, -0.2) is 42.0 Å². The minimum atomic E-state index is 0. The van der Waals surface area contributed by atoms with Gasteiger partial charge in [-0.25, -0.2) is 0 Å². The number of rotatable bonds is 2. The second-order valence-electron chi connectivity index (χ2n) is 4.65.